The van der Waals surface area contributed by atoms with Gasteiger partial charge in [0.2, 0.25) is 0 Å². The van der Waals surface area contributed by atoms with Gasteiger partial charge >= 0.3 is 0 Å². The summed E-state index contributed by atoms with van der Waals surface area (Å²) in [6.07, 6.45) is 4.03. The minimum absolute atomic E-state index is 0.0198. The molecular formula is C24H28N4O4. The van der Waals surface area contributed by atoms with Gasteiger partial charge in [0.25, 0.3) is 17.2 Å². The topological polar surface area (TPSA) is 88.7 Å². The number of rotatable bonds is 3. The number of pyridine rings is 1. The number of benzene rings is 1. The van der Waals surface area contributed by atoms with Crippen LogP contribution in [0.25, 0.3) is 0 Å². The summed E-state index contributed by atoms with van der Waals surface area (Å²) in [5, 5.41) is 12.0. The van der Waals surface area contributed by atoms with E-state index >= 15 is 0 Å². The fourth-order valence-electron chi connectivity index (χ4n) is 5.73. The first-order valence-corrected chi connectivity index (χ1v) is 11.5. The lowest BCUT2D eigenvalue weighted by molar-refractivity contribution is -0.384. The maximum absolute atomic E-state index is 13.1. The molecule has 0 N–H and O–H groups in total. The Kier molecular flexibility index (Phi) is 5.23. The van der Waals surface area contributed by atoms with E-state index in [0.29, 0.717) is 37.4 Å². The minimum Gasteiger partial charge on any atom is -0.365 e. The van der Waals surface area contributed by atoms with Gasteiger partial charge in [-0.3, -0.25) is 19.7 Å². The molecule has 3 atom stereocenters. The smallest absolute Gasteiger partial charge is 0.293 e. The third-order valence-electron chi connectivity index (χ3n) is 7.30. The van der Waals surface area contributed by atoms with Crippen LogP contribution in [0.3, 0.4) is 0 Å². The Morgan fingerprint density at radius 2 is 1.97 bits per heavy atom. The molecule has 4 heterocycles. The lowest BCUT2D eigenvalue weighted by atomic mass is 9.83. The van der Waals surface area contributed by atoms with Gasteiger partial charge in [0.05, 0.1) is 4.92 Å². The zero-order valence-electron chi connectivity index (χ0n) is 18.3. The molecule has 3 aliphatic rings. The molecule has 1 aromatic carbocycles. The van der Waals surface area contributed by atoms with Crippen molar-refractivity contribution in [2.75, 3.05) is 24.5 Å². The third-order valence-corrected chi connectivity index (χ3v) is 7.30. The molecule has 2 aromatic rings. The largest absolute Gasteiger partial charge is 0.365 e. The van der Waals surface area contributed by atoms with E-state index in [-0.39, 0.29) is 40.0 Å². The fourth-order valence-corrected chi connectivity index (χ4v) is 5.73. The van der Waals surface area contributed by atoms with Gasteiger partial charge in [-0.2, -0.15) is 0 Å². The lowest BCUT2D eigenvalue weighted by Crippen LogP contribution is -2.47. The molecular weight excluding hydrogens is 408 g/mol. The molecule has 8 nitrogen and oxygen atoms in total. The molecule has 1 amide bonds. The number of piperidine rings is 2. The molecule has 0 radical (unpaired) electrons. The highest BCUT2D eigenvalue weighted by Crippen LogP contribution is 2.40. The lowest BCUT2D eigenvalue weighted by Gasteiger charge is -2.43. The van der Waals surface area contributed by atoms with Crippen LogP contribution in [-0.4, -0.2) is 46.0 Å². The van der Waals surface area contributed by atoms with Crippen LogP contribution in [0.1, 0.15) is 54.6 Å². The van der Waals surface area contributed by atoms with Crippen LogP contribution in [-0.2, 0) is 6.54 Å². The summed E-state index contributed by atoms with van der Waals surface area (Å²) < 4.78 is 1.85. The second kappa shape index (κ2) is 8.07. The minimum atomic E-state index is -0.380. The molecule has 0 aliphatic carbocycles. The number of likely N-dealkylation sites (tertiary alicyclic amines) is 1. The molecule has 2 bridgehead atoms. The van der Waals surface area contributed by atoms with Crippen molar-refractivity contribution in [3.05, 3.63) is 68.1 Å². The number of hydrogen-bond acceptors (Lipinski definition) is 5. The molecule has 5 rings (SSSR count). The second-order valence-electron chi connectivity index (χ2n) is 9.41. The number of amides is 1. The highest BCUT2D eigenvalue weighted by Gasteiger charge is 2.37. The van der Waals surface area contributed by atoms with E-state index in [1.165, 1.54) is 6.07 Å². The van der Waals surface area contributed by atoms with Crippen LogP contribution in [0, 0.1) is 16.0 Å². The molecule has 2 saturated heterocycles. The number of fused-ring (bicyclic) bond motifs is 4. The SMILES string of the molecule is C[C@@H]1CCCCN1C(=O)c1ccc(N2C[C@H]3C[C@@H](C2)c2cccc(=O)n2C3)c([N+](=O)[O-])c1. The number of nitro benzene ring substituents is 1. The van der Waals surface area contributed by atoms with Gasteiger partial charge in [-0.15, -0.1) is 0 Å². The Labute approximate surface area is 186 Å². The van der Waals surface area contributed by atoms with E-state index in [0.717, 1.165) is 31.4 Å². The molecule has 1 aromatic heterocycles. The van der Waals surface area contributed by atoms with E-state index in [9.17, 15) is 19.7 Å². The van der Waals surface area contributed by atoms with Crippen LogP contribution >= 0.6 is 0 Å². The maximum atomic E-state index is 13.1. The second-order valence-corrected chi connectivity index (χ2v) is 9.41. The van der Waals surface area contributed by atoms with Crippen LogP contribution in [0.4, 0.5) is 11.4 Å². The molecule has 8 heteroatoms. The van der Waals surface area contributed by atoms with Crippen LogP contribution in [0.2, 0.25) is 0 Å². The predicted molar refractivity (Wildman–Crippen MR) is 121 cm³/mol. The van der Waals surface area contributed by atoms with E-state index < -0.39 is 0 Å². The number of nitrogens with zero attached hydrogens (tertiary/aromatic N) is 4. The van der Waals surface area contributed by atoms with Crippen molar-refractivity contribution < 1.29 is 9.72 Å². The molecule has 0 unspecified atom stereocenters. The van der Waals surface area contributed by atoms with Crippen molar-refractivity contribution in [2.45, 2.75) is 51.1 Å². The number of aromatic nitrogens is 1. The van der Waals surface area contributed by atoms with Crippen molar-refractivity contribution in [3.63, 3.8) is 0 Å². The first kappa shape index (κ1) is 20.7. The van der Waals surface area contributed by atoms with Crippen molar-refractivity contribution in [2.24, 2.45) is 5.92 Å². The van der Waals surface area contributed by atoms with E-state index in [4.69, 9.17) is 0 Å². The van der Waals surface area contributed by atoms with Crippen LogP contribution < -0.4 is 10.5 Å². The summed E-state index contributed by atoms with van der Waals surface area (Å²) in [6.45, 7) is 4.66. The Balaban J connectivity index is 1.45. The quantitative estimate of drug-likeness (QED) is 0.544. The monoisotopic (exact) mass is 436 g/mol. The highest BCUT2D eigenvalue weighted by atomic mass is 16.6. The Morgan fingerprint density at radius 3 is 2.75 bits per heavy atom. The third kappa shape index (κ3) is 3.57. The van der Waals surface area contributed by atoms with Gasteiger partial charge in [-0.25, -0.2) is 0 Å². The van der Waals surface area contributed by atoms with Gasteiger partial charge in [-0.05, 0) is 56.7 Å². The van der Waals surface area contributed by atoms with Gasteiger partial charge < -0.3 is 14.4 Å². The molecule has 168 valence electrons. The Morgan fingerprint density at radius 1 is 1.12 bits per heavy atom. The van der Waals surface area contributed by atoms with E-state index in [2.05, 4.69) is 4.90 Å². The van der Waals surface area contributed by atoms with Crippen molar-refractivity contribution in [3.8, 4) is 0 Å². The summed E-state index contributed by atoms with van der Waals surface area (Å²) in [7, 11) is 0. The number of nitro groups is 1. The number of carbonyl (C=O) groups excluding carboxylic acids is 1. The summed E-state index contributed by atoms with van der Waals surface area (Å²) >= 11 is 0. The summed E-state index contributed by atoms with van der Waals surface area (Å²) in [5.41, 5.74) is 1.94. The number of anilines is 1. The zero-order chi connectivity index (χ0) is 22.4. The highest BCUT2D eigenvalue weighted by molar-refractivity contribution is 5.96. The molecule has 0 saturated carbocycles. The van der Waals surface area contributed by atoms with Gasteiger partial charge in [0, 0.05) is 61.5 Å². The Hall–Kier alpha value is -3.16. The first-order chi connectivity index (χ1) is 15.4. The average Bonchev–Trinajstić information content (AvgIpc) is 2.79. The molecule has 32 heavy (non-hydrogen) atoms. The number of carbonyl (C=O) groups is 1. The maximum Gasteiger partial charge on any atom is 0.293 e. The van der Waals surface area contributed by atoms with Crippen molar-refractivity contribution >= 4 is 17.3 Å². The molecule has 0 spiro atoms. The summed E-state index contributed by atoms with van der Waals surface area (Å²) in [5.74, 6) is 0.290. The molecule has 3 aliphatic heterocycles. The van der Waals surface area contributed by atoms with E-state index in [1.807, 2.05) is 22.5 Å². The van der Waals surface area contributed by atoms with Crippen molar-refractivity contribution in [1.29, 1.82) is 0 Å². The van der Waals surface area contributed by atoms with Crippen LogP contribution in [0.15, 0.2) is 41.2 Å². The van der Waals surface area contributed by atoms with Gasteiger partial charge in [-0.1, -0.05) is 6.07 Å². The number of hydrogen-bond donors (Lipinski definition) is 0. The Bertz CT molecular complexity index is 1130. The standard InChI is InChI=1S/C24H28N4O4/c1-16-5-2-3-10-26(16)24(30)18-8-9-21(22(12-18)28(31)32)25-13-17-11-19(15-25)20-6-4-7-23(29)27(20)14-17/h4,6-9,12,16-17,19H,2-3,5,10-11,13-15H2,1H3/t16-,17-,19+/m1/s1. The average molecular weight is 437 g/mol. The van der Waals surface area contributed by atoms with Crippen molar-refractivity contribution in [1.82, 2.24) is 9.47 Å². The fraction of sp³-hybridized carbons (Fsp3) is 0.500. The summed E-state index contributed by atoms with van der Waals surface area (Å²) in [4.78, 5) is 40.8. The first-order valence-electron chi connectivity index (χ1n) is 11.5. The van der Waals surface area contributed by atoms with Gasteiger partial charge in [0.15, 0.2) is 0 Å². The van der Waals surface area contributed by atoms with Crippen LogP contribution in [0.5, 0.6) is 0 Å². The zero-order valence-corrected chi connectivity index (χ0v) is 18.3. The van der Waals surface area contributed by atoms with Gasteiger partial charge in [0.1, 0.15) is 5.69 Å². The normalized spacial score (nSPS) is 24.7. The molecule has 2 fully saturated rings. The predicted octanol–water partition coefficient (Wildman–Crippen LogP) is 3.39. The van der Waals surface area contributed by atoms with E-state index in [1.54, 1.807) is 24.3 Å². The summed E-state index contributed by atoms with van der Waals surface area (Å²) in [6, 6.07) is 10.4.